The second-order valence-electron chi connectivity index (χ2n) is 5.07. The highest BCUT2D eigenvalue weighted by atomic mass is 32.4. The molecule has 0 radical (unpaired) electrons. The maximum absolute atomic E-state index is 6.06. The van der Waals surface area contributed by atoms with E-state index < -0.39 is 6.04 Å². The third kappa shape index (κ3) is 6.40. The van der Waals surface area contributed by atoms with Gasteiger partial charge in [-0.1, -0.05) is 65.2 Å². The summed E-state index contributed by atoms with van der Waals surface area (Å²) in [5.41, 5.74) is 0.816. The summed E-state index contributed by atoms with van der Waals surface area (Å²) in [6, 6.07) is -1.04. The molecule has 0 aromatic heterocycles. The van der Waals surface area contributed by atoms with Gasteiger partial charge in [0, 0.05) is 0 Å². The molecule has 16 heavy (non-hydrogen) atoms. The van der Waals surface area contributed by atoms with E-state index in [1.807, 2.05) is 0 Å². The van der Waals surface area contributed by atoms with E-state index in [1.54, 1.807) is 0 Å². The van der Waals surface area contributed by atoms with Gasteiger partial charge in [0.25, 0.3) is 0 Å². The average molecular weight is 262 g/mol. The number of unbranched alkanes of at least 4 members (excludes halogenated alkanes) is 4. The van der Waals surface area contributed by atoms with Crippen LogP contribution >= 0.6 is 6.04 Å². The maximum Gasteiger partial charge on any atom is -0.0149 e. The maximum atomic E-state index is 6.06. The summed E-state index contributed by atoms with van der Waals surface area (Å²) in [7, 11) is 0. The molecule has 0 bridgehead atoms. The van der Waals surface area contributed by atoms with Crippen LogP contribution in [0.1, 0.15) is 72.6 Å². The van der Waals surface area contributed by atoms with Gasteiger partial charge in [0.2, 0.25) is 0 Å². The Labute approximate surface area is 109 Å². The molecular weight excluding hydrogens is 231 g/mol. The monoisotopic (exact) mass is 262 g/mol. The zero-order chi connectivity index (χ0) is 12.4. The van der Waals surface area contributed by atoms with Crippen molar-refractivity contribution >= 4 is 17.8 Å². The summed E-state index contributed by atoms with van der Waals surface area (Å²) < 4.78 is 0. The molecule has 1 atom stereocenters. The second-order valence-corrected chi connectivity index (χ2v) is 10.9. The third-order valence-electron chi connectivity index (χ3n) is 3.67. The van der Waals surface area contributed by atoms with Gasteiger partial charge in [0.05, 0.1) is 0 Å². The topological polar surface area (TPSA) is 0 Å². The van der Waals surface area contributed by atoms with Gasteiger partial charge >= 0.3 is 0 Å². The van der Waals surface area contributed by atoms with Crippen LogP contribution < -0.4 is 0 Å². The molecule has 0 saturated carbocycles. The van der Waals surface area contributed by atoms with Crippen molar-refractivity contribution in [3.05, 3.63) is 0 Å². The molecule has 0 spiro atoms. The van der Waals surface area contributed by atoms with Crippen LogP contribution in [0.3, 0.4) is 0 Å². The van der Waals surface area contributed by atoms with E-state index in [2.05, 4.69) is 27.7 Å². The summed E-state index contributed by atoms with van der Waals surface area (Å²) in [6.07, 6.45) is 12.2. The minimum absolute atomic E-state index is 0.816. The van der Waals surface area contributed by atoms with Crippen LogP contribution in [-0.2, 0) is 11.8 Å². The number of hydrogen-bond donors (Lipinski definition) is 0. The summed E-state index contributed by atoms with van der Waals surface area (Å²) in [4.78, 5) is 0. The Kier molecular flexibility index (Phi) is 10.0. The SMILES string of the molecule is CCCCCP(=S)(CCCCC)C(C)CC. The van der Waals surface area contributed by atoms with Crippen LogP contribution in [0, 0.1) is 0 Å². The first-order valence-corrected chi connectivity index (χ1v) is 10.4. The Morgan fingerprint density at radius 1 is 0.875 bits per heavy atom. The Hall–Kier alpha value is 0.650. The normalized spacial score (nSPS) is 14.0. The molecule has 1 unspecified atom stereocenters. The standard InChI is InChI=1S/C14H31PS/c1-5-8-10-12-15(16,14(4)7-3)13-11-9-6-2/h14H,5-13H2,1-4H3. The van der Waals surface area contributed by atoms with Crippen molar-refractivity contribution in [2.24, 2.45) is 0 Å². The molecular formula is C14H31PS. The molecule has 2 heteroatoms. The average Bonchev–Trinajstić information content (AvgIpc) is 2.28. The van der Waals surface area contributed by atoms with Crippen molar-refractivity contribution in [2.75, 3.05) is 12.3 Å². The molecule has 0 aliphatic carbocycles. The molecule has 0 saturated heterocycles. The smallest absolute Gasteiger partial charge is 0.0149 e. The largest absolute Gasteiger partial charge is 0.0972 e. The highest BCUT2D eigenvalue weighted by Crippen LogP contribution is 2.53. The molecule has 0 amide bonds. The predicted octanol–water partition coefficient (Wildman–Crippen LogP) is 5.64. The second kappa shape index (κ2) is 9.66. The first-order valence-electron chi connectivity index (χ1n) is 7.18. The minimum Gasteiger partial charge on any atom is -0.0972 e. The van der Waals surface area contributed by atoms with Crippen molar-refractivity contribution in [2.45, 2.75) is 78.3 Å². The molecule has 0 nitrogen and oxygen atoms in total. The molecule has 0 N–H and O–H groups in total. The summed E-state index contributed by atoms with van der Waals surface area (Å²) >= 11 is 6.06. The van der Waals surface area contributed by atoms with Crippen LogP contribution in [0.5, 0.6) is 0 Å². The van der Waals surface area contributed by atoms with Gasteiger partial charge in [-0.25, -0.2) is 0 Å². The van der Waals surface area contributed by atoms with Gasteiger partial charge in [0.15, 0.2) is 0 Å². The van der Waals surface area contributed by atoms with E-state index in [-0.39, 0.29) is 0 Å². The molecule has 0 aliphatic heterocycles. The Morgan fingerprint density at radius 3 is 1.62 bits per heavy atom. The number of hydrogen-bond acceptors (Lipinski definition) is 1. The van der Waals surface area contributed by atoms with Gasteiger partial charge < -0.3 is 0 Å². The molecule has 0 heterocycles. The lowest BCUT2D eigenvalue weighted by molar-refractivity contribution is 0.751. The Balaban J connectivity index is 4.19. The van der Waals surface area contributed by atoms with Gasteiger partial charge in [-0.05, 0) is 43.3 Å². The molecule has 0 rings (SSSR count). The first-order chi connectivity index (χ1) is 7.60. The van der Waals surface area contributed by atoms with Gasteiger partial charge in [0.1, 0.15) is 0 Å². The molecule has 0 aliphatic rings. The molecule has 0 aromatic carbocycles. The van der Waals surface area contributed by atoms with Crippen LogP contribution in [0.2, 0.25) is 0 Å². The van der Waals surface area contributed by atoms with E-state index >= 15 is 0 Å². The highest BCUT2D eigenvalue weighted by Gasteiger charge is 2.22. The van der Waals surface area contributed by atoms with Crippen LogP contribution in [0.25, 0.3) is 0 Å². The quantitative estimate of drug-likeness (QED) is 0.362. The Morgan fingerprint density at radius 2 is 1.31 bits per heavy atom. The number of rotatable bonds is 10. The van der Waals surface area contributed by atoms with Crippen molar-refractivity contribution in [1.82, 2.24) is 0 Å². The Bertz CT molecular complexity index is 187. The molecule has 0 fully saturated rings. The van der Waals surface area contributed by atoms with E-state index in [4.69, 9.17) is 11.8 Å². The highest BCUT2D eigenvalue weighted by molar-refractivity contribution is 8.14. The van der Waals surface area contributed by atoms with Gasteiger partial charge in [-0.15, -0.1) is 0 Å². The fraction of sp³-hybridized carbons (Fsp3) is 1.00. The summed E-state index contributed by atoms with van der Waals surface area (Å²) in [5.74, 6) is 0. The van der Waals surface area contributed by atoms with Crippen molar-refractivity contribution in [1.29, 1.82) is 0 Å². The van der Waals surface area contributed by atoms with Gasteiger partial charge in [-0.3, -0.25) is 0 Å². The predicted molar refractivity (Wildman–Crippen MR) is 82.8 cm³/mol. The fourth-order valence-electron chi connectivity index (χ4n) is 2.14. The summed E-state index contributed by atoms with van der Waals surface area (Å²) in [6.45, 7) is 9.28. The third-order valence-corrected chi connectivity index (χ3v) is 9.97. The fourth-order valence-corrected chi connectivity index (χ4v) is 6.65. The first kappa shape index (κ1) is 16.6. The zero-order valence-electron chi connectivity index (χ0n) is 11.8. The van der Waals surface area contributed by atoms with Gasteiger partial charge in [-0.2, -0.15) is 0 Å². The van der Waals surface area contributed by atoms with Crippen LogP contribution in [0.4, 0.5) is 0 Å². The summed E-state index contributed by atoms with van der Waals surface area (Å²) in [5, 5.41) is 0. The van der Waals surface area contributed by atoms with E-state index in [1.165, 1.54) is 57.3 Å². The zero-order valence-corrected chi connectivity index (χ0v) is 13.5. The van der Waals surface area contributed by atoms with Crippen molar-refractivity contribution < 1.29 is 0 Å². The molecule has 0 aromatic rings. The van der Waals surface area contributed by atoms with Crippen LogP contribution in [-0.4, -0.2) is 18.0 Å². The van der Waals surface area contributed by atoms with E-state index in [0.717, 1.165) is 5.66 Å². The van der Waals surface area contributed by atoms with Crippen molar-refractivity contribution in [3.63, 3.8) is 0 Å². The lowest BCUT2D eigenvalue weighted by Gasteiger charge is -2.28. The molecule has 98 valence electrons. The van der Waals surface area contributed by atoms with Crippen LogP contribution in [0.15, 0.2) is 0 Å². The van der Waals surface area contributed by atoms with E-state index in [9.17, 15) is 0 Å². The van der Waals surface area contributed by atoms with E-state index in [0.29, 0.717) is 0 Å². The minimum atomic E-state index is -1.04. The lowest BCUT2D eigenvalue weighted by atomic mass is 10.3. The van der Waals surface area contributed by atoms with Crippen molar-refractivity contribution in [3.8, 4) is 0 Å². The lowest BCUT2D eigenvalue weighted by Crippen LogP contribution is -2.09.